The number of halogens is 3. The van der Waals surface area contributed by atoms with E-state index in [-0.39, 0.29) is 5.82 Å². The van der Waals surface area contributed by atoms with E-state index in [1.807, 2.05) is 12.1 Å². The van der Waals surface area contributed by atoms with Crippen LogP contribution in [0.25, 0.3) is 10.2 Å². The van der Waals surface area contributed by atoms with E-state index in [0.29, 0.717) is 14.6 Å². The summed E-state index contributed by atoms with van der Waals surface area (Å²) >= 11 is 10.5. The topological polar surface area (TPSA) is 37.8 Å². The van der Waals surface area contributed by atoms with Gasteiger partial charge in [0.1, 0.15) is 0 Å². The number of nitrogens with zero attached hydrogens (tertiary/aromatic N) is 2. The molecular formula is C12H6BrClFN3S. The first-order valence-electron chi connectivity index (χ1n) is 5.26. The molecule has 2 aromatic heterocycles. The molecule has 96 valence electrons. The summed E-state index contributed by atoms with van der Waals surface area (Å²) in [6.07, 6.45) is 1.52. The molecule has 0 saturated heterocycles. The lowest BCUT2D eigenvalue weighted by molar-refractivity contribution is 0.625. The molecule has 0 aliphatic rings. The van der Waals surface area contributed by atoms with Gasteiger partial charge in [-0.05, 0) is 40.2 Å². The lowest BCUT2D eigenvalue weighted by atomic mass is 10.3. The Bertz CT molecular complexity index is 762. The highest BCUT2D eigenvalue weighted by Crippen LogP contribution is 2.30. The van der Waals surface area contributed by atoms with Crippen LogP contribution in [-0.2, 0) is 0 Å². The molecular weight excluding hydrogens is 353 g/mol. The Morgan fingerprint density at radius 1 is 1.32 bits per heavy atom. The van der Waals surface area contributed by atoms with Gasteiger partial charge in [-0.2, -0.15) is 0 Å². The third kappa shape index (κ3) is 2.70. The molecule has 1 N–H and O–H groups in total. The molecule has 0 amide bonds. The predicted octanol–water partition coefficient (Wildman–Crippen LogP) is 4.99. The van der Waals surface area contributed by atoms with Gasteiger partial charge < -0.3 is 5.32 Å². The Balaban J connectivity index is 1.96. The molecule has 0 spiro atoms. The highest BCUT2D eigenvalue weighted by atomic mass is 79.9. The average molecular weight is 359 g/mol. The van der Waals surface area contributed by atoms with E-state index in [4.69, 9.17) is 11.6 Å². The summed E-state index contributed by atoms with van der Waals surface area (Å²) in [5, 5.41) is 4.09. The van der Waals surface area contributed by atoms with Crippen molar-refractivity contribution >= 4 is 60.0 Å². The second-order valence-corrected chi connectivity index (χ2v) is 6.12. The Hall–Kier alpha value is -1.24. The largest absolute Gasteiger partial charge is 0.314 e. The SMILES string of the molecule is Fc1cc(Br)cnc1Nc1nc2ccc(Cl)cc2s1. The lowest BCUT2D eigenvalue weighted by Crippen LogP contribution is -1.96. The van der Waals surface area contributed by atoms with E-state index in [2.05, 4.69) is 31.2 Å². The first-order chi connectivity index (χ1) is 9.11. The number of benzene rings is 1. The van der Waals surface area contributed by atoms with E-state index in [1.165, 1.54) is 23.6 Å². The summed E-state index contributed by atoms with van der Waals surface area (Å²) in [5.41, 5.74) is 0.814. The quantitative estimate of drug-likeness (QED) is 0.701. The van der Waals surface area contributed by atoms with Crippen LogP contribution in [0.4, 0.5) is 15.3 Å². The summed E-state index contributed by atoms with van der Waals surface area (Å²) in [5.74, 6) is -0.292. The maximum absolute atomic E-state index is 13.7. The fraction of sp³-hybridized carbons (Fsp3) is 0. The first kappa shape index (κ1) is 12.8. The number of aromatic nitrogens is 2. The summed E-state index contributed by atoms with van der Waals surface area (Å²) < 4.78 is 15.2. The van der Waals surface area contributed by atoms with Crippen molar-refractivity contribution in [2.24, 2.45) is 0 Å². The number of rotatable bonds is 2. The summed E-state index contributed by atoms with van der Waals surface area (Å²) in [4.78, 5) is 8.31. The number of fused-ring (bicyclic) bond motifs is 1. The van der Waals surface area contributed by atoms with Crippen LogP contribution < -0.4 is 5.32 Å². The molecule has 0 bridgehead atoms. The zero-order valence-corrected chi connectivity index (χ0v) is 12.5. The molecule has 1 aromatic carbocycles. The Kier molecular flexibility index (Phi) is 3.38. The molecule has 0 fully saturated rings. The highest BCUT2D eigenvalue weighted by molar-refractivity contribution is 9.10. The molecule has 0 radical (unpaired) electrons. The van der Waals surface area contributed by atoms with Gasteiger partial charge in [0, 0.05) is 15.7 Å². The van der Waals surface area contributed by atoms with Crippen LogP contribution in [0.2, 0.25) is 5.02 Å². The van der Waals surface area contributed by atoms with Gasteiger partial charge in [0.15, 0.2) is 16.8 Å². The maximum atomic E-state index is 13.7. The number of anilines is 2. The molecule has 3 nitrogen and oxygen atoms in total. The predicted molar refractivity (Wildman–Crippen MR) is 79.8 cm³/mol. The third-order valence-corrected chi connectivity index (χ3v) is 3.99. The monoisotopic (exact) mass is 357 g/mol. The van der Waals surface area contributed by atoms with Crippen LogP contribution in [0.5, 0.6) is 0 Å². The molecule has 3 rings (SSSR count). The normalized spacial score (nSPS) is 10.9. The van der Waals surface area contributed by atoms with Crippen LogP contribution in [0.15, 0.2) is 34.9 Å². The molecule has 3 aromatic rings. The zero-order chi connectivity index (χ0) is 13.4. The number of hydrogen-bond acceptors (Lipinski definition) is 4. The minimum Gasteiger partial charge on any atom is -0.314 e. The van der Waals surface area contributed by atoms with Crippen LogP contribution in [0, 0.1) is 5.82 Å². The molecule has 7 heteroatoms. The number of nitrogens with one attached hydrogen (secondary N) is 1. The molecule has 0 saturated carbocycles. The van der Waals surface area contributed by atoms with Crippen molar-refractivity contribution in [2.75, 3.05) is 5.32 Å². The smallest absolute Gasteiger partial charge is 0.189 e. The number of hydrogen-bond donors (Lipinski definition) is 1. The minimum atomic E-state index is -0.438. The van der Waals surface area contributed by atoms with Crippen LogP contribution in [-0.4, -0.2) is 9.97 Å². The van der Waals surface area contributed by atoms with Crippen molar-refractivity contribution in [1.29, 1.82) is 0 Å². The van der Waals surface area contributed by atoms with E-state index in [9.17, 15) is 4.39 Å². The fourth-order valence-corrected chi connectivity index (χ4v) is 3.00. The van der Waals surface area contributed by atoms with Crippen molar-refractivity contribution in [2.45, 2.75) is 0 Å². The van der Waals surface area contributed by atoms with Gasteiger partial charge >= 0.3 is 0 Å². The van der Waals surface area contributed by atoms with Gasteiger partial charge in [0.25, 0.3) is 0 Å². The lowest BCUT2D eigenvalue weighted by Gasteiger charge is -2.02. The standard InChI is InChI=1S/C12H6BrClFN3S/c13-6-3-8(15)11(16-5-6)18-12-17-9-2-1-7(14)4-10(9)19-12/h1-5H,(H,16,17,18). The van der Waals surface area contributed by atoms with Crippen LogP contribution in [0.1, 0.15) is 0 Å². The van der Waals surface area contributed by atoms with Crippen molar-refractivity contribution in [3.05, 3.63) is 45.8 Å². The van der Waals surface area contributed by atoms with Gasteiger partial charge in [0.2, 0.25) is 0 Å². The Labute approximate surface area is 125 Å². The third-order valence-electron chi connectivity index (χ3n) is 2.38. The molecule has 0 unspecified atom stereocenters. The number of thiazole rings is 1. The van der Waals surface area contributed by atoms with Gasteiger partial charge in [0.05, 0.1) is 10.2 Å². The highest BCUT2D eigenvalue weighted by Gasteiger charge is 2.09. The van der Waals surface area contributed by atoms with Crippen molar-refractivity contribution < 1.29 is 4.39 Å². The fourth-order valence-electron chi connectivity index (χ4n) is 1.56. The van der Waals surface area contributed by atoms with E-state index >= 15 is 0 Å². The van der Waals surface area contributed by atoms with E-state index in [1.54, 1.807) is 6.07 Å². The van der Waals surface area contributed by atoms with Gasteiger partial charge in [-0.25, -0.2) is 14.4 Å². The van der Waals surface area contributed by atoms with Crippen molar-refractivity contribution in [3.8, 4) is 0 Å². The van der Waals surface area contributed by atoms with Crippen molar-refractivity contribution in [1.82, 2.24) is 9.97 Å². The van der Waals surface area contributed by atoms with Gasteiger partial charge in [-0.3, -0.25) is 0 Å². The molecule has 19 heavy (non-hydrogen) atoms. The van der Waals surface area contributed by atoms with E-state index < -0.39 is 5.82 Å². The van der Waals surface area contributed by atoms with Crippen LogP contribution in [0.3, 0.4) is 0 Å². The molecule has 0 aliphatic heterocycles. The van der Waals surface area contributed by atoms with E-state index in [0.717, 1.165) is 10.2 Å². The summed E-state index contributed by atoms with van der Waals surface area (Å²) in [6, 6.07) is 6.77. The maximum Gasteiger partial charge on any atom is 0.189 e. The Morgan fingerprint density at radius 3 is 2.95 bits per heavy atom. The molecule has 0 aliphatic carbocycles. The minimum absolute atomic E-state index is 0.147. The molecule has 2 heterocycles. The number of pyridine rings is 1. The second-order valence-electron chi connectivity index (χ2n) is 3.74. The van der Waals surface area contributed by atoms with Crippen LogP contribution >= 0.6 is 38.9 Å². The summed E-state index contributed by atoms with van der Waals surface area (Å²) in [6.45, 7) is 0. The summed E-state index contributed by atoms with van der Waals surface area (Å²) in [7, 11) is 0. The first-order valence-corrected chi connectivity index (χ1v) is 7.25. The average Bonchev–Trinajstić information content (AvgIpc) is 2.74. The van der Waals surface area contributed by atoms with Gasteiger partial charge in [-0.1, -0.05) is 22.9 Å². The Morgan fingerprint density at radius 2 is 2.16 bits per heavy atom. The molecule has 0 atom stereocenters. The second kappa shape index (κ2) is 5.03. The zero-order valence-electron chi connectivity index (χ0n) is 9.32. The van der Waals surface area contributed by atoms with Gasteiger partial charge in [-0.15, -0.1) is 0 Å². The van der Waals surface area contributed by atoms with Crippen molar-refractivity contribution in [3.63, 3.8) is 0 Å².